The zero-order valence-electron chi connectivity index (χ0n) is 9.60. The van der Waals surface area contributed by atoms with Crippen molar-refractivity contribution in [3.8, 4) is 0 Å². The van der Waals surface area contributed by atoms with Crippen molar-refractivity contribution in [3.05, 3.63) is 23.7 Å². The fraction of sp³-hybridized carbons (Fsp3) is 0.500. The molecule has 0 unspecified atom stereocenters. The molecule has 0 atom stereocenters. The number of sulfone groups is 1. The fourth-order valence-corrected chi connectivity index (χ4v) is 1.86. The van der Waals surface area contributed by atoms with E-state index in [1.165, 1.54) is 6.07 Å². The summed E-state index contributed by atoms with van der Waals surface area (Å²) in [5.74, 6) is 0.215. The molecule has 1 amide bonds. The highest BCUT2D eigenvalue weighted by molar-refractivity contribution is 7.91. The lowest BCUT2D eigenvalue weighted by Crippen LogP contribution is -2.29. The molecule has 0 saturated carbocycles. The first-order valence-electron chi connectivity index (χ1n) is 5.26. The second-order valence-electron chi connectivity index (χ2n) is 3.46. The lowest BCUT2D eigenvalue weighted by molar-refractivity contribution is 0.0927. The van der Waals surface area contributed by atoms with Crippen LogP contribution in [0, 0.1) is 0 Å². The van der Waals surface area contributed by atoms with E-state index in [2.05, 4.69) is 5.32 Å². The standard InChI is InChI=1S/C10H16N2O4S/c1-2-17(14,15)6-5-12-10(13)9-4-3-8(7-11)16-9/h3-4H,2,5-7,11H2,1H3,(H,12,13). The Bertz CT molecular complexity index is 478. The van der Waals surface area contributed by atoms with Gasteiger partial charge in [-0.3, -0.25) is 4.79 Å². The van der Waals surface area contributed by atoms with Crippen molar-refractivity contribution in [2.45, 2.75) is 13.5 Å². The number of amides is 1. The van der Waals surface area contributed by atoms with E-state index in [-0.39, 0.29) is 30.4 Å². The van der Waals surface area contributed by atoms with Crippen molar-refractivity contribution in [1.29, 1.82) is 0 Å². The van der Waals surface area contributed by atoms with E-state index in [0.29, 0.717) is 5.76 Å². The Kier molecular flexibility index (Phi) is 4.71. The van der Waals surface area contributed by atoms with Gasteiger partial charge in [-0.05, 0) is 12.1 Å². The van der Waals surface area contributed by atoms with E-state index in [4.69, 9.17) is 10.2 Å². The quantitative estimate of drug-likeness (QED) is 0.743. The predicted octanol–water partition coefficient (Wildman–Crippen LogP) is -0.0972. The maximum absolute atomic E-state index is 11.5. The van der Waals surface area contributed by atoms with Crippen LogP contribution in [-0.4, -0.2) is 32.4 Å². The smallest absolute Gasteiger partial charge is 0.287 e. The van der Waals surface area contributed by atoms with Crippen LogP contribution in [0.5, 0.6) is 0 Å². The number of furan rings is 1. The number of rotatable bonds is 6. The van der Waals surface area contributed by atoms with Crippen LogP contribution in [0.4, 0.5) is 0 Å². The highest BCUT2D eigenvalue weighted by Gasteiger charge is 2.12. The molecule has 0 aliphatic carbocycles. The van der Waals surface area contributed by atoms with Crippen molar-refractivity contribution in [2.75, 3.05) is 18.1 Å². The Labute approximate surface area is 100 Å². The van der Waals surface area contributed by atoms with Crippen LogP contribution in [-0.2, 0) is 16.4 Å². The molecule has 0 aliphatic rings. The minimum absolute atomic E-state index is 0.0697. The molecule has 0 spiro atoms. The van der Waals surface area contributed by atoms with E-state index in [1.54, 1.807) is 13.0 Å². The number of hydrogen-bond donors (Lipinski definition) is 2. The van der Waals surface area contributed by atoms with Gasteiger partial charge in [0.15, 0.2) is 15.6 Å². The lowest BCUT2D eigenvalue weighted by Gasteiger charge is -2.03. The molecule has 0 radical (unpaired) electrons. The first-order chi connectivity index (χ1) is 7.98. The number of nitrogens with one attached hydrogen (secondary N) is 1. The van der Waals surface area contributed by atoms with Gasteiger partial charge in [-0.1, -0.05) is 6.92 Å². The Morgan fingerprint density at radius 1 is 1.47 bits per heavy atom. The molecular weight excluding hydrogens is 244 g/mol. The monoisotopic (exact) mass is 260 g/mol. The first-order valence-corrected chi connectivity index (χ1v) is 7.08. The van der Waals surface area contributed by atoms with Gasteiger partial charge in [0.05, 0.1) is 12.3 Å². The van der Waals surface area contributed by atoms with Crippen molar-refractivity contribution in [1.82, 2.24) is 5.32 Å². The molecule has 3 N–H and O–H groups in total. The topological polar surface area (TPSA) is 102 Å². The van der Waals surface area contributed by atoms with Gasteiger partial charge < -0.3 is 15.5 Å². The summed E-state index contributed by atoms with van der Waals surface area (Å²) in [6.07, 6.45) is 0. The van der Waals surface area contributed by atoms with E-state index in [0.717, 1.165) is 0 Å². The Hall–Kier alpha value is -1.34. The molecule has 96 valence electrons. The van der Waals surface area contributed by atoms with Crippen LogP contribution < -0.4 is 11.1 Å². The summed E-state index contributed by atoms with van der Waals surface area (Å²) in [6, 6.07) is 3.11. The number of carbonyl (C=O) groups excluding carboxylic acids is 1. The molecular formula is C10H16N2O4S. The Morgan fingerprint density at radius 3 is 2.71 bits per heavy atom. The van der Waals surface area contributed by atoms with Crippen molar-refractivity contribution in [2.24, 2.45) is 5.73 Å². The Balaban J connectivity index is 2.45. The third-order valence-electron chi connectivity index (χ3n) is 2.23. The van der Waals surface area contributed by atoms with Gasteiger partial charge in [-0.15, -0.1) is 0 Å². The summed E-state index contributed by atoms with van der Waals surface area (Å²) in [6.45, 7) is 1.86. The summed E-state index contributed by atoms with van der Waals surface area (Å²) in [5, 5.41) is 2.47. The van der Waals surface area contributed by atoms with Gasteiger partial charge in [0.2, 0.25) is 0 Å². The van der Waals surface area contributed by atoms with Gasteiger partial charge in [0.1, 0.15) is 5.76 Å². The zero-order chi connectivity index (χ0) is 12.9. The zero-order valence-corrected chi connectivity index (χ0v) is 10.4. The Morgan fingerprint density at radius 2 is 2.18 bits per heavy atom. The second kappa shape index (κ2) is 5.83. The van der Waals surface area contributed by atoms with Gasteiger partial charge >= 0.3 is 0 Å². The SMILES string of the molecule is CCS(=O)(=O)CCNC(=O)c1ccc(CN)o1. The van der Waals surface area contributed by atoms with Gasteiger partial charge in [0.25, 0.3) is 5.91 Å². The molecule has 1 aromatic rings. The predicted molar refractivity (Wildman–Crippen MR) is 63.3 cm³/mol. The van der Waals surface area contributed by atoms with E-state index >= 15 is 0 Å². The molecule has 6 nitrogen and oxygen atoms in total. The molecule has 1 rings (SSSR count). The number of carbonyl (C=O) groups is 1. The first kappa shape index (κ1) is 13.7. The second-order valence-corrected chi connectivity index (χ2v) is 5.94. The average Bonchev–Trinajstić information content (AvgIpc) is 2.77. The molecule has 0 fully saturated rings. The van der Waals surface area contributed by atoms with Crippen LogP contribution in [0.25, 0.3) is 0 Å². The largest absolute Gasteiger partial charge is 0.455 e. The number of nitrogens with two attached hydrogens (primary N) is 1. The third kappa shape index (κ3) is 4.20. The molecule has 7 heteroatoms. The normalized spacial score (nSPS) is 11.4. The van der Waals surface area contributed by atoms with Crippen LogP contribution in [0.15, 0.2) is 16.5 Å². The summed E-state index contributed by atoms with van der Waals surface area (Å²) in [4.78, 5) is 11.5. The van der Waals surface area contributed by atoms with Crippen LogP contribution in [0.1, 0.15) is 23.2 Å². The van der Waals surface area contributed by atoms with Crippen molar-refractivity contribution < 1.29 is 17.6 Å². The molecule has 17 heavy (non-hydrogen) atoms. The van der Waals surface area contributed by atoms with Crippen molar-refractivity contribution >= 4 is 15.7 Å². The van der Waals surface area contributed by atoms with Gasteiger partial charge in [0, 0.05) is 12.3 Å². The van der Waals surface area contributed by atoms with Crippen molar-refractivity contribution in [3.63, 3.8) is 0 Å². The average molecular weight is 260 g/mol. The molecule has 1 heterocycles. The summed E-state index contributed by atoms with van der Waals surface area (Å²) in [5.41, 5.74) is 5.33. The lowest BCUT2D eigenvalue weighted by atomic mass is 10.4. The van der Waals surface area contributed by atoms with Gasteiger partial charge in [-0.25, -0.2) is 8.42 Å². The molecule has 0 aliphatic heterocycles. The van der Waals surface area contributed by atoms with Gasteiger partial charge in [-0.2, -0.15) is 0 Å². The minimum Gasteiger partial charge on any atom is -0.455 e. The summed E-state index contributed by atoms with van der Waals surface area (Å²) in [7, 11) is -3.06. The van der Waals surface area contributed by atoms with E-state index in [9.17, 15) is 13.2 Å². The highest BCUT2D eigenvalue weighted by Crippen LogP contribution is 2.06. The maximum atomic E-state index is 11.5. The molecule has 0 saturated heterocycles. The van der Waals surface area contributed by atoms with Crippen LogP contribution in [0.3, 0.4) is 0 Å². The molecule has 0 aromatic carbocycles. The van der Waals surface area contributed by atoms with E-state index in [1.807, 2.05) is 0 Å². The van der Waals surface area contributed by atoms with Crippen LogP contribution in [0.2, 0.25) is 0 Å². The molecule has 1 aromatic heterocycles. The maximum Gasteiger partial charge on any atom is 0.287 e. The number of hydrogen-bond acceptors (Lipinski definition) is 5. The minimum atomic E-state index is -3.06. The van der Waals surface area contributed by atoms with E-state index < -0.39 is 15.7 Å². The fourth-order valence-electron chi connectivity index (χ4n) is 1.16. The highest BCUT2D eigenvalue weighted by atomic mass is 32.2. The molecule has 0 bridgehead atoms. The summed E-state index contributed by atoms with van der Waals surface area (Å²) >= 11 is 0. The van der Waals surface area contributed by atoms with Crippen LogP contribution >= 0.6 is 0 Å². The third-order valence-corrected chi connectivity index (χ3v) is 3.93. The summed E-state index contributed by atoms with van der Waals surface area (Å²) < 4.78 is 27.5.